The Morgan fingerprint density at radius 2 is 2.19 bits per heavy atom. The molecule has 1 aromatic rings. The predicted molar refractivity (Wildman–Crippen MR) is 61.8 cm³/mol. The first kappa shape index (κ1) is 11.5. The molecule has 0 aromatic carbocycles. The number of rotatable bonds is 6. The average molecular weight is 223 g/mol. The summed E-state index contributed by atoms with van der Waals surface area (Å²) >= 11 is 0. The Kier molecular flexibility index (Phi) is 4.27. The molecule has 0 unspecified atom stereocenters. The van der Waals surface area contributed by atoms with Gasteiger partial charge in [-0.2, -0.15) is 0 Å². The molecule has 1 heterocycles. The minimum absolute atomic E-state index is 0.772. The van der Waals surface area contributed by atoms with E-state index in [0.29, 0.717) is 0 Å². The van der Waals surface area contributed by atoms with Crippen molar-refractivity contribution in [1.82, 2.24) is 25.5 Å². The normalized spacial score (nSPS) is 17.1. The third kappa shape index (κ3) is 3.01. The summed E-state index contributed by atoms with van der Waals surface area (Å²) in [6.45, 7) is 4.79. The number of tetrazole rings is 1. The molecule has 0 saturated heterocycles. The van der Waals surface area contributed by atoms with E-state index < -0.39 is 0 Å². The quantitative estimate of drug-likeness (QED) is 0.791. The predicted octanol–water partition coefficient (Wildman–Crippen LogP) is 1.36. The molecule has 90 valence electrons. The van der Waals surface area contributed by atoms with Gasteiger partial charge in [0.15, 0.2) is 5.82 Å². The summed E-state index contributed by atoms with van der Waals surface area (Å²) in [6.07, 6.45) is 6.83. The first-order valence-corrected chi connectivity index (χ1v) is 6.36. The molecule has 16 heavy (non-hydrogen) atoms. The molecular weight excluding hydrogens is 202 g/mol. The van der Waals surface area contributed by atoms with Crippen molar-refractivity contribution in [3.8, 4) is 0 Å². The Hall–Kier alpha value is -0.970. The van der Waals surface area contributed by atoms with Gasteiger partial charge in [0, 0.05) is 6.54 Å². The molecule has 1 aliphatic carbocycles. The van der Waals surface area contributed by atoms with Crippen LogP contribution in [0.5, 0.6) is 0 Å². The van der Waals surface area contributed by atoms with Gasteiger partial charge in [-0.25, -0.2) is 4.68 Å². The van der Waals surface area contributed by atoms with E-state index >= 15 is 0 Å². The molecular formula is C11H21N5. The third-order valence-corrected chi connectivity index (χ3v) is 3.36. The van der Waals surface area contributed by atoms with Gasteiger partial charge < -0.3 is 5.32 Å². The molecule has 0 spiro atoms. The van der Waals surface area contributed by atoms with Gasteiger partial charge in [0.2, 0.25) is 0 Å². The topological polar surface area (TPSA) is 55.6 Å². The fourth-order valence-corrected chi connectivity index (χ4v) is 2.36. The number of aryl methyl sites for hydroxylation is 1. The minimum atomic E-state index is 0.772. The first-order valence-electron chi connectivity index (χ1n) is 6.36. The van der Waals surface area contributed by atoms with Gasteiger partial charge in [0.1, 0.15) is 0 Å². The van der Waals surface area contributed by atoms with Crippen LogP contribution < -0.4 is 5.32 Å². The second-order valence-corrected chi connectivity index (χ2v) is 4.54. The Morgan fingerprint density at radius 3 is 2.94 bits per heavy atom. The zero-order valence-electron chi connectivity index (χ0n) is 10.0. The third-order valence-electron chi connectivity index (χ3n) is 3.36. The second kappa shape index (κ2) is 5.94. The molecule has 1 aliphatic rings. The van der Waals surface area contributed by atoms with Gasteiger partial charge in [-0.05, 0) is 29.3 Å². The van der Waals surface area contributed by atoms with Crippen molar-refractivity contribution in [1.29, 1.82) is 0 Å². The number of nitrogens with zero attached hydrogens (tertiary/aromatic N) is 4. The Labute approximate surface area is 96.6 Å². The lowest BCUT2D eigenvalue weighted by atomic mass is 10.0. The van der Waals surface area contributed by atoms with Crippen molar-refractivity contribution in [3.05, 3.63) is 5.82 Å². The van der Waals surface area contributed by atoms with Gasteiger partial charge in [-0.3, -0.25) is 0 Å². The number of hydrogen-bond acceptors (Lipinski definition) is 4. The SMILES string of the molecule is CCNCc1nnnn1CCC1CCCC1. The monoisotopic (exact) mass is 223 g/mol. The Morgan fingerprint density at radius 1 is 1.38 bits per heavy atom. The molecule has 0 amide bonds. The molecule has 1 saturated carbocycles. The maximum atomic E-state index is 4.05. The van der Waals surface area contributed by atoms with E-state index in [0.717, 1.165) is 31.4 Å². The summed E-state index contributed by atoms with van der Waals surface area (Å²) in [4.78, 5) is 0. The van der Waals surface area contributed by atoms with Gasteiger partial charge in [-0.15, -0.1) is 5.10 Å². The largest absolute Gasteiger partial charge is 0.310 e. The van der Waals surface area contributed by atoms with Crippen LogP contribution >= 0.6 is 0 Å². The van der Waals surface area contributed by atoms with Crippen LogP contribution in [0.1, 0.15) is 44.9 Å². The molecule has 5 nitrogen and oxygen atoms in total. The summed E-state index contributed by atoms with van der Waals surface area (Å²) in [5, 5.41) is 15.1. The number of hydrogen-bond donors (Lipinski definition) is 1. The standard InChI is InChI=1S/C11H21N5/c1-2-12-9-11-13-14-15-16(11)8-7-10-5-3-4-6-10/h10,12H,2-9H2,1H3. The van der Waals surface area contributed by atoms with E-state index in [4.69, 9.17) is 0 Å². The van der Waals surface area contributed by atoms with Crippen molar-refractivity contribution >= 4 is 0 Å². The fraction of sp³-hybridized carbons (Fsp3) is 0.909. The lowest BCUT2D eigenvalue weighted by Crippen LogP contribution is -2.17. The van der Waals surface area contributed by atoms with Crippen molar-refractivity contribution in [2.75, 3.05) is 6.54 Å². The highest BCUT2D eigenvalue weighted by molar-refractivity contribution is 4.80. The van der Waals surface area contributed by atoms with E-state index in [1.165, 1.54) is 32.1 Å². The highest BCUT2D eigenvalue weighted by Gasteiger charge is 2.15. The van der Waals surface area contributed by atoms with E-state index in [2.05, 4.69) is 27.8 Å². The smallest absolute Gasteiger partial charge is 0.165 e. The van der Waals surface area contributed by atoms with Gasteiger partial charge in [0.05, 0.1) is 6.54 Å². The summed E-state index contributed by atoms with van der Waals surface area (Å²) < 4.78 is 1.95. The van der Waals surface area contributed by atoms with Crippen molar-refractivity contribution < 1.29 is 0 Å². The van der Waals surface area contributed by atoms with Crippen molar-refractivity contribution in [2.45, 2.75) is 52.1 Å². The van der Waals surface area contributed by atoms with E-state index in [9.17, 15) is 0 Å². The molecule has 0 aliphatic heterocycles. The molecule has 2 rings (SSSR count). The van der Waals surface area contributed by atoms with Crippen LogP contribution in [0.3, 0.4) is 0 Å². The van der Waals surface area contributed by atoms with Crippen LogP contribution in [0.25, 0.3) is 0 Å². The highest BCUT2D eigenvalue weighted by Crippen LogP contribution is 2.27. The maximum Gasteiger partial charge on any atom is 0.165 e. The van der Waals surface area contributed by atoms with Crippen LogP contribution in [0.15, 0.2) is 0 Å². The summed E-state index contributed by atoms with van der Waals surface area (Å²) in [6, 6.07) is 0. The Balaban J connectivity index is 1.80. The number of aromatic nitrogens is 4. The van der Waals surface area contributed by atoms with Crippen LogP contribution in [-0.4, -0.2) is 26.8 Å². The average Bonchev–Trinajstić information content (AvgIpc) is 2.94. The van der Waals surface area contributed by atoms with E-state index in [1.54, 1.807) is 0 Å². The minimum Gasteiger partial charge on any atom is -0.310 e. The molecule has 0 bridgehead atoms. The fourth-order valence-electron chi connectivity index (χ4n) is 2.36. The second-order valence-electron chi connectivity index (χ2n) is 4.54. The van der Waals surface area contributed by atoms with Crippen LogP contribution in [0, 0.1) is 5.92 Å². The van der Waals surface area contributed by atoms with Crippen LogP contribution in [0.2, 0.25) is 0 Å². The van der Waals surface area contributed by atoms with Crippen molar-refractivity contribution in [2.24, 2.45) is 5.92 Å². The van der Waals surface area contributed by atoms with E-state index in [-0.39, 0.29) is 0 Å². The van der Waals surface area contributed by atoms with E-state index in [1.807, 2.05) is 4.68 Å². The molecule has 0 radical (unpaired) electrons. The lowest BCUT2D eigenvalue weighted by Gasteiger charge is -2.09. The summed E-state index contributed by atoms with van der Waals surface area (Å²) in [5.41, 5.74) is 0. The molecule has 1 N–H and O–H groups in total. The van der Waals surface area contributed by atoms with Crippen molar-refractivity contribution in [3.63, 3.8) is 0 Å². The molecule has 1 fully saturated rings. The highest BCUT2D eigenvalue weighted by atomic mass is 15.5. The van der Waals surface area contributed by atoms with Gasteiger partial charge >= 0.3 is 0 Å². The maximum absolute atomic E-state index is 4.05. The molecule has 5 heteroatoms. The zero-order valence-corrected chi connectivity index (χ0v) is 10.0. The summed E-state index contributed by atoms with van der Waals surface area (Å²) in [7, 11) is 0. The molecule has 0 atom stereocenters. The van der Waals surface area contributed by atoms with Crippen LogP contribution in [-0.2, 0) is 13.1 Å². The van der Waals surface area contributed by atoms with Gasteiger partial charge in [-0.1, -0.05) is 32.6 Å². The van der Waals surface area contributed by atoms with Gasteiger partial charge in [0.25, 0.3) is 0 Å². The van der Waals surface area contributed by atoms with Crippen LogP contribution in [0.4, 0.5) is 0 Å². The number of nitrogens with one attached hydrogen (secondary N) is 1. The molecule has 1 aromatic heterocycles. The lowest BCUT2D eigenvalue weighted by molar-refractivity contribution is 0.424. The zero-order chi connectivity index (χ0) is 11.2. The first-order chi connectivity index (χ1) is 7.90. The summed E-state index contributed by atoms with van der Waals surface area (Å²) in [5.74, 6) is 1.86. The Bertz CT molecular complexity index is 303.